The van der Waals surface area contributed by atoms with Gasteiger partial charge in [0.25, 0.3) is 13.0 Å². The van der Waals surface area contributed by atoms with Gasteiger partial charge < -0.3 is 29.3 Å². The number of nitrogens with zero attached hydrogens (tertiary/aromatic N) is 1. The van der Waals surface area contributed by atoms with E-state index in [1.807, 2.05) is 4.98 Å². The Bertz CT molecular complexity index is 833. The molecule has 138 valence electrons. The topological polar surface area (TPSA) is 198 Å². The lowest BCUT2D eigenvalue weighted by molar-refractivity contribution is -0.0520. The lowest BCUT2D eigenvalue weighted by atomic mass is 10.1. The molecule has 0 saturated carbocycles. The number of hydrogen-bond donors (Lipinski definition) is 5. The molecule has 1 aromatic rings. The predicted molar refractivity (Wildman–Crippen MR) is 79.7 cm³/mol. The number of aliphatic hydroxyl groups is 2. The van der Waals surface area contributed by atoms with Crippen LogP contribution >= 0.6 is 15.3 Å². The van der Waals surface area contributed by atoms with Crippen LogP contribution in [0.15, 0.2) is 21.9 Å². The summed E-state index contributed by atoms with van der Waals surface area (Å²) in [6.45, 7) is -0.777. The van der Waals surface area contributed by atoms with Crippen LogP contribution < -0.4 is 11.2 Å². The molecule has 2 heterocycles. The van der Waals surface area contributed by atoms with Crippen LogP contribution in [0.2, 0.25) is 0 Å². The molecule has 0 aromatic carbocycles. The van der Waals surface area contributed by atoms with E-state index in [1.54, 1.807) is 0 Å². The van der Waals surface area contributed by atoms with E-state index in [9.17, 15) is 28.9 Å². The van der Waals surface area contributed by atoms with Crippen LogP contribution in [0.3, 0.4) is 0 Å². The van der Waals surface area contributed by atoms with Crippen LogP contribution in [0.25, 0.3) is 0 Å². The molecular formula is C9H13BN2O11P2. The normalized spacial score (nSPS) is 29.4. The maximum atomic E-state index is 11.7. The lowest BCUT2D eigenvalue weighted by Gasteiger charge is -2.19. The number of aromatic amines is 1. The largest absolute Gasteiger partial charge is 0.476 e. The van der Waals surface area contributed by atoms with Crippen molar-refractivity contribution in [3.63, 3.8) is 0 Å². The number of aromatic nitrogens is 2. The highest BCUT2D eigenvalue weighted by atomic mass is 31.3. The monoisotopic (exact) mass is 398 g/mol. The van der Waals surface area contributed by atoms with Crippen molar-refractivity contribution in [1.29, 1.82) is 0 Å². The summed E-state index contributed by atoms with van der Waals surface area (Å²) in [4.78, 5) is 41.8. The number of nitrogens with one attached hydrogen (secondary N) is 1. The van der Waals surface area contributed by atoms with Gasteiger partial charge in [0.1, 0.15) is 18.3 Å². The van der Waals surface area contributed by atoms with E-state index in [1.165, 1.54) is 0 Å². The maximum absolute atomic E-state index is 11.7. The van der Waals surface area contributed by atoms with Gasteiger partial charge in [0.05, 0.1) is 6.61 Å². The number of ether oxygens (including phenoxy) is 1. The highest BCUT2D eigenvalue weighted by Gasteiger charge is 2.45. The van der Waals surface area contributed by atoms with E-state index < -0.39 is 57.7 Å². The summed E-state index contributed by atoms with van der Waals surface area (Å²) >= 11 is 0. The minimum Gasteiger partial charge on any atom is -0.387 e. The quantitative estimate of drug-likeness (QED) is 0.252. The first-order valence-electron chi connectivity index (χ1n) is 6.53. The third kappa shape index (κ3) is 5.20. The van der Waals surface area contributed by atoms with Crippen molar-refractivity contribution in [2.75, 3.05) is 6.61 Å². The van der Waals surface area contributed by atoms with E-state index in [4.69, 9.17) is 22.1 Å². The summed E-state index contributed by atoms with van der Waals surface area (Å²) < 4.78 is 36.5. The number of H-pyrrole nitrogens is 1. The molecule has 16 heteroatoms. The smallest absolute Gasteiger partial charge is 0.387 e. The molecule has 1 aliphatic rings. The molecule has 5 N–H and O–H groups in total. The van der Waals surface area contributed by atoms with Crippen molar-refractivity contribution in [3.8, 4) is 0 Å². The Kier molecular flexibility index (Phi) is 5.89. The molecule has 1 saturated heterocycles. The van der Waals surface area contributed by atoms with Crippen molar-refractivity contribution < 1.29 is 42.7 Å². The molecule has 2 rings (SSSR count). The van der Waals surface area contributed by atoms with E-state index in [2.05, 4.69) is 8.83 Å². The summed E-state index contributed by atoms with van der Waals surface area (Å²) in [5, 5.41) is 19.8. The van der Waals surface area contributed by atoms with Crippen molar-refractivity contribution in [2.45, 2.75) is 24.5 Å². The fourth-order valence-corrected chi connectivity index (χ4v) is 3.80. The zero-order chi connectivity index (χ0) is 19.0. The fraction of sp³-hybridized carbons (Fsp3) is 0.556. The van der Waals surface area contributed by atoms with Crippen molar-refractivity contribution in [2.24, 2.45) is 0 Å². The first-order valence-corrected chi connectivity index (χ1v) is 9.67. The Morgan fingerprint density at radius 2 is 1.92 bits per heavy atom. The van der Waals surface area contributed by atoms with Gasteiger partial charge in [0, 0.05) is 12.3 Å². The zero-order valence-electron chi connectivity index (χ0n) is 12.2. The Labute approximate surface area is 140 Å². The van der Waals surface area contributed by atoms with Crippen LogP contribution in [-0.4, -0.2) is 62.0 Å². The van der Waals surface area contributed by atoms with E-state index in [0.717, 1.165) is 16.8 Å². The second kappa shape index (κ2) is 7.27. The molecule has 0 bridgehead atoms. The van der Waals surface area contributed by atoms with Crippen LogP contribution in [0.4, 0.5) is 0 Å². The number of hydrogen-bond acceptors (Lipinski definition) is 9. The molecule has 2 radical (unpaired) electrons. The van der Waals surface area contributed by atoms with Crippen LogP contribution in [0.5, 0.6) is 0 Å². The number of aliphatic hydroxyl groups excluding tert-OH is 2. The molecule has 5 atom stereocenters. The van der Waals surface area contributed by atoms with E-state index in [0.29, 0.717) is 0 Å². The highest BCUT2D eigenvalue weighted by molar-refractivity contribution is 7.83. The molecule has 13 nitrogen and oxygen atoms in total. The van der Waals surface area contributed by atoms with Crippen LogP contribution in [0, 0.1) is 0 Å². The molecular weight excluding hydrogens is 385 g/mol. The van der Waals surface area contributed by atoms with Gasteiger partial charge in [-0.1, -0.05) is 0 Å². The molecule has 2 unspecified atom stereocenters. The van der Waals surface area contributed by atoms with Crippen LogP contribution in [0.1, 0.15) is 6.23 Å². The lowest BCUT2D eigenvalue weighted by Crippen LogP contribution is -2.37. The molecule has 1 aliphatic heterocycles. The molecule has 1 aromatic heterocycles. The number of phosphoric acid groups is 1. The van der Waals surface area contributed by atoms with Gasteiger partial charge >= 0.3 is 13.5 Å². The standard InChI is InChI=1S/C9H13BN2O11P2/c10-24(17,23-25(18,19)20)21-3-4-6(14)7(15)8(22-4)12-2-1-5(13)11-9(12)16/h1-2,4,6-8,14-15H,3H2,(H,11,13,16)(H2,18,19,20)/t4-,6+,7?,8-,24?/m1/s1. The zero-order valence-corrected chi connectivity index (χ0v) is 14.0. The average molecular weight is 398 g/mol. The van der Waals surface area contributed by atoms with Crippen molar-refractivity contribution in [3.05, 3.63) is 33.1 Å². The van der Waals surface area contributed by atoms with Gasteiger partial charge in [0.15, 0.2) is 6.23 Å². The molecule has 0 aliphatic carbocycles. The molecule has 1 fully saturated rings. The van der Waals surface area contributed by atoms with E-state index >= 15 is 0 Å². The van der Waals surface area contributed by atoms with Gasteiger partial charge in [0.2, 0.25) is 7.57 Å². The maximum Gasteiger partial charge on any atom is 0.476 e. The Hall–Kier alpha value is -1.08. The minimum atomic E-state index is -5.19. The Morgan fingerprint density at radius 3 is 2.48 bits per heavy atom. The Balaban J connectivity index is 2.09. The summed E-state index contributed by atoms with van der Waals surface area (Å²) in [6.07, 6.45) is -5.00. The SMILES string of the molecule is [B]P(=O)(OC[C@H]1O[C@@H](n2ccc(=O)[nH]c2=O)C(O)[C@H]1O)OP(=O)(O)O. The summed E-state index contributed by atoms with van der Waals surface area (Å²) in [7, 11) is -4.89. The van der Waals surface area contributed by atoms with Gasteiger partial charge in [-0.2, -0.15) is 0 Å². The van der Waals surface area contributed by atoms with E-state index in [-0.39, 0.29) is 0 Å². The second-order valence-corrected chi connectivity index (χ2v) is 7.94. The van der Waals surface area contributed by atoms with Gasteiger partial charge in [-0.25, -0.2) is 13.7 Å². The third-order valence-corrected chi connectivity index (χ3v) is 5.37. The third-order valence-electron chi connectivity index (χ3n) is 3.10. The second-order valence-electron chi connectivity index (χ2n) is 4.97. The molecule has 0 amide bonds. The first-order chi connectivity index (χ1) is 11.4. The predicted octanol–water partition coefficient (Wildman–Crippen LogP) is -2.44. The first kappa shape index (κ1) is 20.2. The van der Waals surface area contributed by atoms with Gasteiger partial charge in [-0.15, -0.1) is 0 Å². The highest BCUT2D eigenvalue weighted by Crippen LogP contribution is 2.57. The summed E-state index contributed by atoms with van der Waals surface area (Å²) in [6, 6.07) is 0.982. The summed E-state index contributed by atoms with van der Waals surface area (Å²) in [5.74, 6) is 0. The van der Waals surface area contributed by atoms with Gasteiger partial charge in [-0.05, 0) is 0 Å². The van der Waals surface area contributed by atoms with Gasteiger partial charge in [-0.3, -0.25) is 18.9 Å². The summed E-state index contributed by atoms with van der Waals surface area (Å²) in [5.41, 5.74) is -1.60. The van der Waals surface area contributed by atoms with Crippen molar-refractivity contribution >= 4 is 22.9 Å². The molecule has 25 heavy (non-hydrogen) atoms. The average Bonchev–Trinajstić information content (AvgIpc) is 2.71. The number of rotatable bonds is 6. The fourth-order valence-electron chi connectivity index (χ4n) is 2.07. The minimum absolute atomic E-state index is 0.687. The Morgan fingerprint density at radius 1 is 1.28 bits per heavy atom. The van der Waals surface area contributed by atoms with Crippen molar-refractivity contribution in [1.82, 2.24) is 9.55 Å². The molecule has 0 spiro atoms. The van der Waals surface area contributed by atoms with Crippen LogP contribution in [-0.2, 0) is 22.7 Å².